The fourth-order valence-electron chi connectivity index (χ4n) is 2.40. The summed E-state index contributed by atoms with van der Waals surface area (Å²) in [6, 6.07) is 10.7. The minimum absolute atomic E-state index is 0.174. The van der Waals surface area contributed by atoms with Gasteiger partial charge in [0.2, 0.25) is 0 Å². The molecule has 2 aromatic rings. The van der Waals surface area contributed by atoms with E-state index in [1.807, 2.05) is 18.2 Å². The van der Waals surface area contributed by atoms with Crippen LogP contribution in [-0.4, -0.2) is 12.5 Å². The first-order chi connectivity index (χ1) is 10.1. The molecule has 0 bridgehead atoms. The lowest BCUT2D eigenvalue weighted by Gasteiger charge is -2.18. The largest absolute Gasteiger partial charge is 0.385 e. The number of carbonyl (C=O) groups is 1. The number of aryl methyl sites for hydroxylation is 1. The molecule has 1 heterocycles. The van der Waals surface area contributed by atoms with Gasteiger partial charge in [0.25, 0.3) is 5.91 Å². The van der Waals surface area contributed by atoms with Crippen molar-refractivity contribution < 1.29 is 4.79 Å². The van der Waals surface area contributed by atoms with Crippen LogP contribution in [0.1, 0.15) is 22.3 Å². The molecule has 0 saturated carbocycles. The smallest absolute Gasteiger partial charge is 0.255 e. The SMILES string of the molecule is O=C(Nc1ccc(Cl)cc1Cl)c1ccc2c(c1)CCCN2. The molecular weight excluding hydrogens is 307 g/mol. The van der Waals surface area contributed by atoms with Gasteiger partial charge in [-0.1, -0.05) is 23.2 Å². The predicted molar refractivity (Wildman–Crippen MR) is 87.7 cm³/mol. The van der Waals surface area contributed by atoms with E-state index in [2.05, 4.69) is 10.6 Å². The molecule has 0 fully saturated rings. The zero-order chi connectivity index (χ0) is 14.8. The zero-order valence-corrected chi connectivity index (χ0v) is 12.8. The van der Waals surface area contributed by atoms with Crippen molar-refractivity contribution in [2.75, 3.05) is 17.2 Å². The maximum atomic E-state index is 12.3. The third kappa shape index (κ3) is 3.14. The Morgan fingerprint density at radius 3 is 2.81 bits per heavy atom. The highest BCUT2D eigenvalue weighted by molar-refractivity contribution is 6.36. The van der Waals surface area contributed by atoms with Crippen LogP contribution in [0, 0.1) is 0 Å². The molecule has 2 aromatic carbocycles. The number of amides is 1. The number of fused-ring (bicyclic) bond motifs is 1. The predicted octanol–water partition coefficient (Wildman–Crippen LogP) is 4.60. The Hall–Kier alpha value is -1.71. The molecule has 0 radical (unpaired) electrons. The van der Waals surface area contributed by atoms with Gasteiger partial charge in [0.15, 0.2) is 0 Å². The number of rotatable bonds is 2. The Morgan fingerprint density at radius 2 is 2.00 bits per heavy atom. The number of carbonyl (C=O) groups excluding carboxylic acids is 1. The quantitative estimate of drug-likeness (QED) is 0.848. The number of benzene rings is 2. The summed E-state index contributed by atoms with van der Waals surface area (Å²) < 4.78 is 0. The Bertz CT molecular complexity index is 701. The van der Waals surface area contributed by atoms with Gasteiger partial charge in [0.1, 0.15) is 0 Å². The van der Waals surface area contributed by atoms with E-state index in [1.54, 1.807) is 18.2 Å². The Labute approximate surface area is 133 Å². The summed E-state index contributed by atoms with van der Waals surface area (Å²) in [7, 11) is 0. The van der Waals surface area contributed by atoms with Crippen LogP contribution in [0.4, 0.5) is 11.4 Å². The van der Waals surface area contributed by atoms with E-state index in [1.165, 1.54) is 5.56 Å². The second-order valence-electron chi connectivity index (χ2n) is 4.98. The molecule has 0 unspecified atom stereocenters. The van der Waals surface area contributed by atoms with E-state index in [0.717, 1.165) is 25.1 Å². The summed E-state index contributed by atoms with van der Waals surface area (Å²) in [4.78, 5) is 12.3. The van der Waals surface area contributed by atoms with E-state index in [0.29, 0.717) is 21.3 Å². The standard InChI is InChI=1S/C16H14Cl2N2O/c17-12-4-6-15(13(18)9-12)20-16(21)11-3-5-14-10(8-11)2-1-7-19-14/h3-6,8-9,19H,1-2,7H2,(H,20,21). The number of hydrogen-bond acceptors (Lipinski definition) is 2. The first-order valence-electron chi connectivity index (χ1n) is 6.77. The van der Waals surface area contributed by atoms with Gasteiger partial charge in [0.05, 0.1) is 10.7 Å². The molecule has 0 spiro atoms. The minimum atomic E-state index is -0.174. The van der Waals surface area contributed by atoms with Crippen molar-refractivity contribution in [2.24, 2.45) is 0 Å². The fraction of sp³-hybridized carbons (Fsp3) is 0.188. The summed E-state index contributed by atoms with van der Waals surface area (Å²) in [6.07, 6.45) is 2.08. The third-order valence-electron chi connectivity index (χ3n) is 3.49. The monoisotopic (exact) mass is 320 g/mol. The maximum Gasteiger partial charge on any atom is 0.255 e. The third-order valence-corrected chi connectivity index (χ3v) is 4.03. The van der Waals surface area contributed by atoms with Gasteiger partial charge in [-0.3, -0.25) is 4.79 Å². The summed E-state index contributed by atoms with van der Waals surface area (Å²) in [5.41, 5.74) is 3.48. The highest BCUT2D eigenvalue weighted by atomic mass is 35.5. The van der Waals surface area contributed by atoms with Gasteiger partial charge in [-0.25, -0.2) is 0 Å². The molecule has 0 atom stereocenters. The average molecular weight is 321 g/mol. The highest BCUT2D eigenvalue weighted by Crippen LogP contribution is 2.27. The van der Waals surface area contributed by atoms with E-state index >= 15 is 0 Å². The van der Waals surface area contributed by atoms with Gasteiger partial charge in [-0.05, 0) is 54.8 Å². The van der Waals surface area contributed by atoms with Gasteiger partial charge in [-0.15, -0.1) is 0 Å². The van der Waals surface area contributed by atoms with Gasteiger partial charge < -0.3 is 10.6 Å². The van der Waals surface area contributed by atoms with E-state index in [-0.39, 0.29) is 5.91 Å². The molecule has 1 aliphatic rings. The topological polar surface area (TPSA) is 41.1 Å². The minimum Gasteiger partial charge on any atom is -0.385 e. The number of hydrogen-bond donors (Lipinski definition) is 2. The van der Waals surface area contributed by atoms with E-state index < -0.39 is 0 Å². The first-order valence-corrected chi connectivity index (χ1v) is 7.52. The van der Waals surface area contributed by atoms with Crippen LogP contribution in [0.3, 0.4) is 0 Å². The van der Waals surface area contributed by atoms with Gasteiger partial charge in [0, 0.05) is 22.8 Å². The first kappa shape index (κ1) is 14.2. The van der Waals surface area contributed by atoms with Gasteiger partial charge in [-0.2, -0.15) is 0 Å². The summed E-state index contributed by atoms with van der Waals surface area (Å²) in [6.45, 7) is 0.985. The molecule has 3 rings (SSSR count). The Kier molecular flexibility index (Phi) is 4.04. The average Bonchev–Trinajstić information content (AvgIpc) is 2.49. The second-order valence-corrected chi connectivity index (χ2v) is 5.82. The van der Waals surface area contributed by atoms with Crippen molar-refractivity contribution in [1.82, 2.24) is 0 Å². The molecule has 0 aliphatic carbocycles. The van der Waals surface area contributed by atoms with Crippen LogP contribution in [0.15, 0.2) is 36.4 Å². The van der Waals surface area contributed by atoms with Crippen molar-refractivity contribution in [3.8, 4) is 0 Å². The molecule has 108 valence electrons. The molecule has 21 heavy (non-hydrogen) atoms. The summed E-state index contributed by atoms with van der Waals surface area (Å²) in [5, 5.41) is 7.10. The number of nitrogens with one attached hydrogen (secondary N) is 2. The van der Waals surface area contributed by atoms with E-state index in [9.17, 15) is 4.79 Å². The zero-order valence-electron chi connectivity index (χ0n) is 11.2. The van der Waals surface area contributed by atoms with Gasteiger partial charge >= 0.3 is 0 Å². The van der Waals surface area contributed by atoms with Crippen molar-refractivity contribution in [3.05, 3.63) is 57.6 Å². The number of halogens is 2. The van der Waals surface area contributed by atoms with Crippen molar-refractivity contribution >= 4 is 40.5 Å². The normalized spacial score (nSPS) is 13.2. The van der Waals surface area contributed by atoms with Crippen LogP contribution >= 0.6 is 23.2 Å². The lowest BCUT2D eigenvalue weighted by atomic mass is 10.0. The molecule has 3 nitrogen and oxygen atoms in total. The van der Waals surface area contributed by atoms with Crippen LogP contribution in [0.5, 0.6) is 0 Å². The molecule has 0 saturated heterocycles. The van der Waals surface area contributed by atoms with E-state index in [4.69, 9.17) is 23.2 Å². The summed E-state index contributed by atoms with van der Waals surface area (Å²) >= 11 is 11.9. The van der Waals surface area contributed by atoms with Crippen LogP contribution in [-0.2, 0) is 6.42 Å². The lowest BCUT2D eigenvalue weighted by molar-refractivity contribution is 0.102. The summed E-state index contributed by atoms with van der Waals surface area (Å²) in [5.74, 6) is -0.174. The Morgan fingerprint density at radius 1 is 1.14 bits per heavy atom. The highest BCUT2D eigenvalue weighted by Gasteiger charge is 2.13. The molecule has 0 aromatic heterocycles. The molecule has 2 N–H and O–H groups in total. The second kappa shape index (κ2) is 5.96. The fourth-order valence-corrected chi connectivity index (χ4v) is 2.86. The van der Waals surface area contributed by atoms with Crippen LogP contribution < -0.4 is 10.6 Å². The lowest BCUT2D eigenvalue weighted by Crippen LogP contribution is -2.15. The maximum absolute atomic E-state index is 12.3. The van der Waals surface area contributed by atoms with Crippen LogP contribution in [0.25, 0.3) is 0 Å². The molecule has 5 heteroatoms. The molecular formula is C16H14Cl2N2O. The molecule has 1 aliphatic heterocycles. The van der Waals surface area contributed by atoms with Crippen LogP contribution in [0.2, 0.25) is 10.0 Å². The van der Waals surface area contributed by atoms with Crippen molar-refractivity contribution in [2.45, 2.75) is 12.8 Å². The van der Waals surface area contributed by atoms with Crippen molar-refractivity contribution in [1.29, 1.82) is 0 Å². The number of anilines is 2. The van der Waals surface area contributed by atoms with Crippen molar-refractivity contribution in [3.63, 3.8) is 0 Å². The molecule has 1 amide bonds. The Balaban J connectivity index is 1.82.